The maximum absolute atomic E-state index is 12.6. The van der Waals surface area contributed by atoms with Gasteiger partial charge in [-0.1, -0.05) is 0 Å². The fourth-order valence-electron chi connectivity index (χ4n) is 0.679. The second-order valence-corrected chi connectivity index (χ2v) is 1.91. The Hall–Kier alpha value is -1.32. The first-order valence-corrected chi connectivity index (χ1v) is 2.87. The summed E-state index contributed by atoms with van der Waals surface area (Å²) < 4.78 is 29.5. The highest BCUT2D eigenvalue weighted by molar-refractivity contribution is 5.33. The van der Waals surface area contributed by atoms with Crippen LogP contribution in [0.1, 0.15) is 0 Å². The third kappa shape index (κ3) is 1.24. The summed E-state index contributed by atoms with van der Waals surface area (Å²) in [7, 11) is 1.22. The van der Waals surface area contributed by atoms with E-state index in [9.17, 15) is 8.78 Å². The van der Waals surface area contributed by atoms with Crippen LogP contribution in [0.25, 0.3) is 0 Å². The third-order valence-corrected chi connectivity index (χ3v) is 1.25. The summed E-state index contributed by atoms with van der Waals surface area (Å²) in [6, 6.07) is 2.17. The molecule has 0 bridgehead atoms. The molecule has 0 radical (unpaired) electrons. The molecule has 0 aliphatic heterocycles. The van der Waals surface area contributed by atoms with E-state index in [2.05, 4.69) is 4.74 Å². The molecule has 0 amide bonds. The molecule has 4 heteroatoms. The molecule has 0 saturated carbocycles. The molecule has 0 heterocycles. The van der Waals surface area contributed by atoms with Gasteiger partial charge in [-0.2, -0.15) is 8.78 Å². The number of hydrogen-bond donors (Lipinski definition) is 1. The highest BCUT2D eigenvalue weighted by Gasteiger charge is 2.12. The molecule has 0 unspecified atom stereocenters. The first kappa shape index (κ1) is 7.78. The summed E-state index contributed by atoms with van der Waals surface area (Å²) >= 11 is 0. The normalized spacial score (nSPS) is 9.73. The van der Waals surface area contributed by atoms with Gasteiger partial charge in [0, 0.05) is 0 Å². The summed E-state index contributed by atoms with van der Waals surface area (Å²) in [6.07, 6.45) is 0. The van der Waals surface area contributed by atoms with Gasteiger partial charge in [-0.05, 0) is 12.1 Å². The molecular formula is C7H6F2O2. The molecule has 1 rings (SSSR count). The van der Waals surface area contributed by atoms with Gasteiger partial charge in [0.2, 0.25) is 11.6 Å². The number of phenolic OH excluding ortho intramolecular Hbond substituents is 1. The lowest BCUT2D eigenvalue weighted by atomic mass is 10.3. The summed E-state index contributed by atoms with van der Waals surface area (Å²) in [5, 5.41) is 8.65. The molecule has 1 aromatic carbocycles. The zero-order chi connectivity index (χ0) is 8.43. The van der Waals surface area contributed by atoms with E-state index < -0.39 is 17.4 Å². The number of hydrogen-bond acceptors (Lipinski definition) is 2. The molecule has 2 nitrogen and oxygen atoms in total. The summed E-state index contributed by atoms with van der Waals surface area (Å²) in [5.41, 5.74) is 0. The van der Waals surface area contributed by atoms with Gasteiger partial charge in [0.25, 0.3) is 0 Å². The molecular weight excluding hydrogens is 154 g/mol. The third-order valence-electron chi connectivity index (χ3n) is 1.25. The lowest BCUT2D eigenvalue weighted by Gasteiger charge is -2.02. The number of benzene rings is 1. The molecule has 0 aliphatic carbocycles. The number of halogens is 2. The Bertz CT molecular complexity index is 273. The van der Waals surface area contributed by atoms with Crippen molar-refractivity contribution in [3.05, 3.63) is 23.8 Å². The zero-order valence-electron chi connectivity index (χ0n) is 5.77. The van der Waals surface area contributed by atoms with Gasteiger partial charge in [0.05, 0.1) is 7.11 Å². The highest BCUT2D eigenvalue weighted by atomic mass is 19.2. The Morgan fingerprint density at radius 2 is 1.91 bits per heavy atom. The first-order chi connectivity index (χ1) is 5.16. The van der Waals surface area contributed by atoms with E-state index in [-0.39, 0.29) is 5.75 Å². The van der Waals surface area contributed by atoms with E-state index >= 15 is 0 Å². The maximum Gasteiger partial charge on any atom is 0.204 e. The van der Waals surface area contributed by atoms with E-state index in [4.69, 9.17) is 5.11 Å². The van der Waals surface area contributed by atoms with Crippen LogP contribution in [0.2, 0.25) is 0 Å². The van der Waals surface area contributed by atoms with Crippen molar-refractivity contribution < 1.29 is 18.6 Å². The second-order valence-electron chi connectivity index (χ2n) is 1.91. The minimum absolute atomic E-state index is 0.222. The van der Waals surface area contributed by atoms with Crippen LogP contribution < -0.4 is 4.74 Å². The lowest BCUT2D eigenvalue weighted by molar-refractivity contribution is 0.355. The monoisotopic (exact) mass is 160 g/mol. The molecule has 11 heavy (non-hydrogen) atoms. The van der Waals surface area contributed by atoms with Crippen LogP contribution in [0.5, 0.6) is 11.5 Å². The van der Waals surface area contributed by atoms with Crippen molar-refractivity contribution in [1.82, 2.24) is 0 Å². The SMILES string of the molecule is COc1ccc(O)c(F)c1F. The minimum Gasteiger partial charge on any atom is -0.505 e. The summed E-state index contributed by atoms with van der Waals surface area (Å²) in [6.45, 7) is 0. The summed E-state index contributed by atoms with van der Waals surface area (Å²) in [4.78, 5) is 0. The van der Waals surface area contributed by atoms with Crippen LogP contribution in [0, 0.1) is 11.6 Å². The maximum atomic E-state index is 12.6. The Morgan fingerprint density at radius 3 is 2.45 bits per heavy atom. The van der Waals surface area contributed by atoms with Crippen molar-refractivity contribution in [2.75, 3.05) is 7.11 Å². The molecule has 0 saturated heterocycles. The fraction of sp³-hybridized carbons (Fsp3) is 0.143. The number of aromatic hydroxyl groups is 1. The van der Waals surface area contributed by atoms with Crippen LogP contribution in [-0.2, 0) is 0 Å². The number of methoxy groups -OCH3 is 1. The van der Waals surface area contributed by atoms with E-state index in [1.165, 1.54) is 7.11 Å². The zero-order valence-corrected chi connectivity index (χ0v) is 5.77. The van der Waals surface area contributed by atoms with Gasteiger partial charge in [-0.15, -0.1) is 0 Å². The van der Waals surface area contributed by atoms with Crippen LogP contribution in [-0.4, -0.2) is 12.2 Å². The molecule has 0 aromatic heterocycles. The van der Waals surface area contributed by atoms with Crippen molar-refractivity contribution >= 4 is 0 Å². The van der Waals surface area contributed by atoms with Crippen LogP contribution in [0.15, 0.2) is 12.1 Å². The molecule has 1 aromatic rings. The van der Waals surface area contributed by atoms with Crippen molar-refractivity contribution in [3.63, 3.8) is 0 Å². The number of phenols is 1. The smallest absolute Gasteiger partial charge is 0.204 e. The second kappa shape index (κ2) is 2.74. The fourth-order valence-corrected chi connectivity index (χ4v) is 0.679. The van der Waals surface area contributed by atoms with Crippen LogP contribution in [0.3, 0.4) is 0 Å². The van der Waals surface area contributed by atoms with E-state index in [0.29, 0.717) is 0 Å². The largest absolute Gasteiger partial charge is 0.505 e. The Morgan fingerprint density at radius 1 is 1.27 bits per heavy atom. The molecule has 0 atom stereocenters. The van der Waals surface area contributed by atoms with Crippen LogP contribution in [0.4, 0.5) is 8.78 Å². The van der Waals surface area contributed by atoms with Gasteiger partial charge >= 0.3 is 0 Å². The van der Waals surface area contributed by atoms with Gasteiger partial charge in [-0.3, -0.25) is 0 Å². The highest BCUT2D eigenvalue weighted by Crippen LogP contribution is 2.25. The van der Waals surface area contributed by atoms with E-state index in [0.717, 1.165) is 12.1 Å². The summed E-state index contributed by atoms with van der Waals surface area (Å²) in [5.74, 6) is -3.40. The Labute approximate surface area is 62.0 Å². The number of rotatable bonds is 1. The lowest BCUT2D eigenvalue weighted by Crippen LogP contribution is -1.91. The number of ether oxygens (including phenoxy) is 1. The van der Waals surface area contributed by atoms with Gasteiger partial charge in [0.15, 0.2) is 11.5 Å². The van der Waals surface area contributed by atoms with Gasteiger partial charge in [-0.25, -0.2) is 0 Å². The molecule has 0 fully saturated rings. The van der Waals surface area contributed by atoms with Crippen molar-refractivity contribution in [3.8, 4) is 11.5 Å². The molecule has 0 aliphatic rings. The molecule has 1 N–H and O–H groups in total. The molecule has 0 spiro atoms. The van der Waals surface area contributed by atoms with Crippen molar-refractivity contribution in [1.29, 1.82) is 0 Å². The Kier molecular flexibility index (Phi) is 1.94. The van der Waals surface area contributed by atoms with Gasteiger partial charge in [0.1, 0.15) is 0 Å². The predicted molar refractivity (Wildman–Crippen MR) is 34.6 cm³/mol. The van der Waals surface area contributed by atoms with Crippen LogP contribution >= 0.6 is 0 Å². The minimum atomic E-state index is -1.29. The quantitative estimate of drug-likeness (QED) is 0.677. The van der Waals surface area contributed by atoms with Crippen molar-refractivity contribution in [2.45, 2.75) is 0 Å². The van der Waals surface area contributed by atoms with Gasteiger partial charge < -0.3 is 9.84 Å². The average molecular weight is 160 g/mol. The van der Waals surface area contributed by atoms with Crippen molar-refractivity contribution in [2.24, 2.45) is 0 Å². The standard InChI is InChI=1S/C7H6F2O2/c1-11-5-3-2-4(10)6(8)7(5)9/h2-3,10H,1H3. The van der Waals surface area contributed by atoms with E-state index in [1.807, 2.05) is 0 Å². The average Bonchev–Trinajstić information content (AvgIpc) is 2.01. The molecule has 60 valence electrons. The first-order valence-electron chi connectivity index (χ1n) is 2.87. The topological polar surface area (TPSA) is 29.5 Å². The Balaban J connectivity index is 3.25. The van der Waals surface area contributed by atoms with E-state index in [1.54, 1.807) is 0 Å². The predicted octanol–water partition coefficient (Wildman–Crippen LogP) is 1.68.